The van der Waals surface area contributed by atoms with Crippen LogP contribution in [0.2, 0.25) is 0 Å². The van der Waals surface area contributed by atoms with E-state index in [-0.39, 0.29) is 17.9 Å². The second-order valence-corrected chi connectivity index (χ2v) is 9.23. The summed E-state index contributed by atoms with van der Waals surface area (Å²) in [6.07, 6.45) is 5.37. The fraction of sp³-hybridized carbons (Fsp3) is 0.458. The van der Waals surface area contributed by atoms with E-state index in [1.165, 1.54) is 5.56 Å². The third-order valence-corrected chi connectivity index (χ3v) is 6.85. The minimum atomic E-state index is -0.693. The first-order valence-corrected chi connectivity index (χ1v) is 10.7. The van der Waals surface area contributed by atoms with Crippen LogP contribution in [0.1, 0.15) is 28.2 Å². The number of benzene rings is 1. The van der Waals surface area contributed by atoms with Gasteiger partial charge >= 0.3 is 0 Å². The van der Waals surface area contributed by atoms with Crippen molar-refractivity contribution < 1.29 is 14.3 Å². The van der Waals surface area contributed by atoms with Gasteiger partial charge in [-0.1, -0.05) is 35.9 Å². The second kappa shape index (κ2) is 7.05. The number of hydrogen-bond donors (Lipinski definition) is 1. The molecule has 1 aromatic heterocycles. The first-order chi connectivity index (χ1) is 14.8. The van der Waals surface area contributed by atoms with Gasteiger partial charge in [0.2, 0.25) is 11.8 Å². The van der Waals surface area contributed by atoms with E-state index in [0.29, 0.717) is 19.6 Å². The van der Waals surface area contributed by atoms with Crippen LogP contribution < -0.4 is 0 Å². The Kier molecular flexibility index (Phi) is 4.55. The van der Waals surface area contributed by atoms with Gasteiger partial charge in [0.25, 0.3) is 0 Å². The topological polar surface area (TPSA) is 78.5 Å². The molecule has 2 amide bonds. The number of aryl methyl sites for hydroxylation is 3. The highest BCUT2D eigenvalue weighted by atomic mass is 16.5. The minimum Gasteiger partial charge on any atom is -0.360 e. The molecule has 2 fully saturated rings. The Morgan fingerprint density at radius 3 is 2.90 bits per heavy atom. The fourth-order valence-electron chi connectivity index (χ4n) is 5.27. The molecule has 4 heterocycles. The molecule has 31 heavy (non-hydrogen) atoms. The molecule has 7 nitrogen and oxygen atoms in total. The van der Waals surface area contributed by atoms with Crippen molar-refractivity contribution in [3.8, 4) is 0 Å². The van der Waals surface area contributed by atoms with Crippen LogP contribution in [0.3, 0.4) is 0 Å². The van der Waals surface area contributed by atoms with Crippen LogP contribution in [-0.2, 0) is 27.4 Å². The lowest BCUT2D eigenvalue weighted by Gasteiger charge is -2.27. The number of nitrogens with one attached hydrogen (secondary N) is 1. The summed E-state index contributed by atoms with van der Waals surface area (Å²) in [5.74, 6) is -0.300. The number of nitrogens with zero attached hydrogens (tertiary/aromatic N) is 3. The fourth-order valence-corrected chi connectivity index (χ4v) is 5.27. The van der Waals surface area contributed by atoms with Crippen molar-refractivity contribution in [1.29, 1.82) is 0 Å². The van der Waals surface area contributed by atoms with Gasteiger partial charge in [0.15, 0.2) is 0 Å². The van der Waals surface area contributed by atoms with E-state index in [4.69, 9.17) is 4.74 Å². The molecule has 0 saturated carbocycles. The zero-order valence-corrected chi connectivity index (χ0v) is 18.4. The number of amides is 2. The number of carbonyl (C=O) groups excluding carboxylic acids is 2. The largest absolute Gasteiger partial charge is 0.360 e. The summed E-state index contributed by atoms with van der Waals surface area (Å²) in [4.78, 5) is 37.8. The van der Waals surface area contributed by atoms with Gasteiger partial charge in [-0.15, -0.1) is 0 Å². The number of H-pyrrole nitrogens is 1. The van der Waals surface area contributed by atoms with Crippen LogP contribution in [0.5, 0.6) is 0 Å². The molecule has 3 aliphatic heterocycles. The first-order valence-electron chi connectivity index (χ1n) is 10.7. The number of carbonyl (C=O) groups is 2. The molecule has 0 radical (unpaired) electrons. The van der Waals surface area contributed by atoms with Gasteiger partial charge in [0.1, 0.15) is 11.4 Å². The average Bonchev–Trinajstić information content (AvgIpc) is 3.46. The molecule has 0 aliphatic carbocycles. The van der Waals surface area contributed by atoms with Crippen molar-refractivity contribution in [2.75, 3.05) is 13.6 Å². The Morgan fingerprint density at radius 1 is 1.35 bits per heavy atom. The van der Waals surface area contributed by atoms with Gasteiger partial charge in [0, 0.05) is 25.5 Å². The Hall–Kier alpha value is -2.93. The molecule has 3 aliphatic rings. The van der Waals surface area contributed by atoms with Gasteiger partial charge in [-0.05, 0) is 31.9 Å². The van der Waals surface area contributed by atoms with E-state index in [9.17, 15) is 9.59 Å². The summed E-state index contributed by atoms with van der Waals surface area (Å²) in [5.41, 5.74) is 3.73. The van der Waals surface area contributed by atoms with Crippen molar-refractivity contribution in [2.24, 2.45) is 11.8 Å². The highest BCUT2D eigenvalue weighted by Crippen LogP contribution is 2.52. The van der Waals surface area contributed by atoms with E-state index in [0.717, 1.165) is 22.6 Å². The Labute approximate surface area is 182 Å². The smallest absolute Gasteiger partial charge is 0.230 e. The number of hydrogen-bond acceptors (Lipinski definition) is 4. The van der Waals surface area contributed by atoms with Gasteiger partial charge < -0.3 is 19.5 Å². The number of aromatic nitrogens is 2. The predicted octanol–water partition coefficient (Wildman–Crippen LogP) is 2.28. The summed E-state index contributed by atoms with van der Waals surface area (Å²) in [7, 11) is 1.76. The second-order valence-electron chi connectivity index (χ2n) is 9.23. The number of aromatic amines is 1. The van der Waals surface area contributed by atoms with Crippen LogP contribution in [0.4, 0.5) is 0 Å². The summed E-state index contributed by atoms with van der Waals surface area (Å²) in [5, 5.41) is 0. The molecule has 0 unspecified atom stereocenters. The van der Waals surface area contributed by atoms with E-state index in [1.54, 1.807) is 18.1 Å². The zero-order chi connectivity index (χ0) is 21.9. The van der Waals surface area contributed by atoms with Gasteiger partial charge in [0.05, 0.1) is 31.0 Å². The third kappa shape index (κ3) is 3.19. The number of fused-ring (bicyclic) bond motifs is 1. The van der Waals surface area contributed by atoms with Gasteiger partial charge in [-0.3, -0.25) is 9.59 Å². The van der Waals surface area contributed by atoms with Crippen LogP contribution in [0.25, 0.3) is 0 Å². The lowest BCUT2D eigenvalue weighted by atomic mass is 9.76. The Bertz CT molecular complexity index is 1090. The normalized spacial score (nSPS) is 28.5. The van der Waals surface area contributed by atoms with Gasteiger partial charge in [-0.2, -0.15) is 0 Å². The predicted molar refractivity (Wildman–Crippen MR) is 115 cm³/mol. The summed E-state index contributed by atoms with van der Waals surface area (Å²) in [6, 6.07) is 6.30. The van der Waals surface area contributed by atoms with Crippen molar-refractivity contribution >= 4 is 11.8 Å². The van der Waals surface area contributed by atoms with Crippen LogP contribution >= 0.6 is 0 Å². The van der Waals surface area contributed by atoms with Crippen molar-refractivity contribution in [1.82, 2.24) is 19.8 Å². The molecule has 4 atom stereocenters. The number of likely N-dealkylation sites (tertiary alicyclic amines) is 1. The molecule has 1 N–H and O–H groups in total. The SMILES string of the molecule is Cc1ccc(C)c(CN2C[C@]34C=C[C@H](O3)[C@@H](C(=O)N(C)Cc3ncc(C)[nH]3)[C@H]4C2=O)c1. The van der Waals surface area contributed by atoms with E-state index < -0.39 is 17.4 Å². The van der Waals surface area contributed by atoms with Crippen LogP contribution in [0, 0.1) is 32.6 Å². The maximum atomic E-state index is 13.5. The maximum Gasteiger partial charge on any atom is 0.230 e. The van der Waals surface area contributed by atoms with E-state index in [2.05, 4.69) is 42.0 Å². The van der Waals surface area contributed by atoms with Crippen molar-refractivity contribution in [3.63, 3.8) is 0 Å². The molecule has 7 heteroatoms. The average molecular weight is 421 g/mol. The number of imidazole rings is 1. The lowest BCUT2D eigenvalue weighted by Crippen LogP contribution is -2.44. The molecule has 162 valence electrons. The molecule has 1 spiro atoms. The monoisotopic (exact) mass is 420 g/mol. The van der Waals surface area contributed by atoms with E-state index in [1.807, 2.05) is 24.0 Å². The molecular formula is C24H28N4O3. The highest BCUT2D eigenvalue weighted by Gasteiger charge is 2.67. The van der Waals surface area contributed by atoms with Crippen molar-refractivity contribution in [3.05, 3.63) is 64.8 Å². The van der Waals surface area contributed by atoms with Crippen LogP contribution in [-0.4, -0.2) is 56.9 Å². The molecular weight excluding hydrogens is 392 g/mol. The summed E-state index contributed by atoms with van der Waals surface area (Å²) >= 11 is 0. The van der Waals surface area contributed by atoms with E-state index >= 15 is 0 Å². The van der Waals surface area contributed by atoms with Gasteiger partial charge in [-0.25, -0.2) is 4.98 Å². The highest BCUT2D eigenvalue weighted by molar-refractivity contribution is 5.93. The van der Waals surface area contributed by atoms with Crippen LogP contribution in [0.15, 0.2) is 36.5 Å². The molecule has 2 aromatic rings. The quantitative estimate of drug-likeness (QED) is 0.753. The first kappa shape index (κ1) is 20.0. The Balaban J connectivity index is 1.37. The zero-order valence-electron chi connectivity index (χ0n) is 18.4. The summed E-state index contributed by atoms with van der Waals surface area (Å²) < 4.78 is 6.27. The molecule has 1 aromatic carbocycles. The lowest BCUT2D eigenvalue weighted by molar-refractivity contribution is -0.143. The standard InChI is InChI=1S/C24H28N4O3/c1-14-5-6-15(2)17(9-14)11-28-13-24-8-7-18(31-24)20(21(24)23(28)30)22(29)27(4)12-19-25-10-16(3)26-19/h5-10,18,20-21H,11-13H2,1-4H3,(H,25,26)/t18-,20+,21-,24-/m0/s1. The molecule has 5 rings (SSSR count). The maximum absolute atomic E-state index is 13.5. The molecule has 2 saturated heterocycles. The summed E-state index contributed by atoms with van der Waals surface area (Å²) in [6.45, 7) is 7.45. The Morgan fingerprint density at radius 2 is 2.16 bits per heavy atom. The molecule has 2 bridgehead atoms. The minimum absolute atomic E-state index is 0.00773. The van der Waals surface area contributed by atoms with Crippen molar-refractivity contribution in [2.45, 2.75) is 45.6 Å². The number of rotatable bonds is 5. The third-order valence-electron chi connectivity index (χ3n) is 6.85. The number of ether oxygens (including phenoxy) is 1.